The highest BCUT2D eigenvalue weighted by molar-refractivity contribution is 5.79. The van der Waals surface area contributed by atoms with E-state index in [1.807, 2.05) is 0 Å². The van der Waals surface area contributed by atoms with Crippen molar-refractivity contribution in [1.29, 1.82) is 0 Å². The van der Waals surface area contributed by atoms with Crippen LogP contribution < -0.4 is 5.73 Å². The van der Waals surface area contributed by atoms with Crippen LogP contribution in [0.3, 0.4) is 0 Å². The molecule has 0 aliphatic carbocycles. The van der Waals surface area contributed by atoms with Crippen molar-refractivity contribution in [3.8, 4) is 0 Å². The van der Waals surface area contributed by atoms with E-state index >= 15 is 0 Å². The molecule has 102 valence electrons. The van der Waals surface area contributed by atoms with Gasteiger partial charge < -0.3 is 15.4 Å². The lowest BCUT2D eigenvalue weighted by Crippen LogP contribution is -2.51. The predicted octanol–water partition coefficient (Wildman–Crippen LogP) is 1.63. The Morgan fingerprint density at radius 1 is 1.35 bits per heavy atom. The van der Waals surface area contributed by atoms with E-state index in [0.717, 1.165) is 6.54 Å². The Hall–Kier alpha value is -0.610. The topological polar surface area (TPSA) is 55.6 Å². The fourth-order valence-corrected chi connectivity index (χ4v) is 1.99. The lowest BCUT2D eigenvalue weighted by molar-refractivity contribution is -0.147. The van der Waals surface area contributed by atoms with Crippen LogP contribution in [0.5, 0.6) is 0 Å². The third kappa shape index (κ3) is 6.03. The monoisotopic (exact) mass is 244 g/mol. The van der Waals surface area contributed by atoms with E-state index in [9.17, 15) is 4.79 Å². The lowest BCUT2D eigenvalue weighted by Gasteiger charge is -2.34. The van der Waals surface area contributed by atoms with Crippen molar-refractivity contribution in [3.63, 3.8) is 0 Å². The molecule has 4 heteroatoms. The Kier molecular flexibility index (Phi) is 5.62. The van der Waals surface area contributed by atoms with Crippen molar-refractivity contribution in [2.45, 2.75) is 52.6 Å². The zero-order valence-electron chi connectivity index (χ0n) is 12.3. The van der Waals surface area contributed by atoms with Crippen LogP contribution in [0.25, 0.3) is 0 Å². The summed E-state index contributed by atoms with van der Waals surface area (Å²) in [6.07, 6.45) is 0.590. The maximum atomic E-state index is 11.5. The van der Waals surface area contributed by atoms with Crippen LogP contribution in [0.15, 0.2) is 0 Å². The fourth-order valence-electron chi connectivity index (χ4n) is 1.99. The molecule has 0 spiro atoms. The van der Waals surface area contributed by atoms with Gasteiger partial charge in [-0.3, -0.25) is 4.79 Å². The van der Waals surface area contributed by atoms with Crippen molar-refractivity contribution >= 4 is 5.97 Å². The average Bonchev–Trinajstić information content (AvgIpc) is 2.12. The summed E-state index contributed by atoms with van der Waals surface area (Å²) in [5.74, 6) is -0.353. The van der Waals surface area contributed by atoms with Gasteiger partial charge in [-0.05, 0) is 32.7 Å². The molecule has 17 heavy (non-hydrogen) atoms. The number of carbonyl (C=O) groups excluding carboxylic acids is 1. The molecule has 0 amide bonds. The number of nitrogens with two attached hydrogens (primary N) is 1. The number of carbonyl (C=O) groups is 1. The van der Waals surface area contributed by atoms with E-state index in [1.165, 1.54) is 7.11 Å². The summed E-state index contributed by atoms with van der Waals surface area (Å²) in [7, 11) is 3.43. The maximum absolute atomic E-state index is 11.5. The summed E-state index contributed by atoms with van der Waals surface area (Å²) < 4.78 is 4.71. The zero-order valence-corrected chi connectivity index (χ0v) is 12.3. The van der Waals surface area contributed by atoms with Crippen LogP contribution in [0.4, 0.5) is 0 Å². The van der Waals surface area contributed by atoms with Crippen LogP contribution in [0.2, 0.25) is 0 Å². The highest BCUT2D eigenvalue weighted by atomic mass is 16.5. The van der Waals surface area contributed by atoms with Gasteiger partial charge in [0, 0.05) is 12.6 Å². The molecule has 0 bridgehead atoms. The predicted molar refractivity (Wildman–Crippen MR) is 70.8 cm³/mol. The number of rotatable bonds is 5. The van der Waals surface area contributed by atoms with E-state index in [4.69, 9.17) is 10.5 Å². The Bertz CT molecular complexity index is 257. The quantitative estimate of drug-likeness (QED) is 0.747. The number of methoxy groups -OCH3 is 1. The molecular formula is C13H28N2O2. The van der Waals surface area contributed by atoms with E-state index in [0.29, 0.717) is 6.42 Å². The molecule has 0 aliphatic heterocycles. The number of esters is 1. The Morgan fingerprint density at radius 3 is 2.18 bits per heavy atom. The van der Waals surface area contributed by atoms with Gasteiger partial charge in [-0.1, -0.05) is 20.8 Å². The summed E-state index contributed by atoms with van der Waals surface area (Å²) in [6, 6.07) is 0.239. The standard InChI is InChI=1S/C13H28N2O2/c1-10(15(6)9-12(2,3)4)8-13(5,14)11(16)17-7/h10H,8-9,14H2,1-7H3. The first kappa shape index (κ1) is 16.4. The molecule has 0 rings (SSSR count). The zero-order chi connectivity index (χ0) is 13.9. The summed E-state index contributed by atoms with van der Waals surface area (Å²) in [6.45, 7) is 11.3. The molecule has 4 nitrogen and oxygen atoms in total. The second-order valence-electron chi connectivity index (χ2n) is 6.44. The first-order valence-electron chi connectivity index (χ1n) is 6.07. The normalized spacial score (nSPS) is 17.7. The minimum Gasteiger partial charge on any atom is -0.468 e. The molecule has 0 fully saturated rings. The highest BCUT2D eigenvalue weighted by Crippen LogP contribution is 2.19. The van der Waals surface area contributed by atoms with Crippen molar-refractivity contribution in [2.75, 3.05) is 20.7 Å². The van der Waals surface area contributed by atoms with Gasteiger partial charge in [0.1, 0.15) is 5.54 Å². The van der Waals surface area contributed by atoms with Crippen LogP contribution in [-0.4, -0.2) is 43.2 Å². The van der Waals surface area contributed by atoms with E-state index < -0.39 is 5.54 Å². The van der Waals surface area contributed by atoms with Crippen molar-refractivity contribution < 1.29 is 9.53 Å². The average molecular weight is 244 g/mol. The number of hydrogen-bond acceptors (Lipinski definition) is 4. The van der Waals surface area contributed by atoms with Gasteiger partial charge in [-0.25, -0.2) is 0 Å². The molecule has 0 saturated heterocycles. The van der Waals surface area contributed by atoms with Gasteiger partial charge in [0.05, 0.1) is 7.11 Å². The third-order valence-corrected chi connectivity index (χ3v) is 2.85. The fraction of sp³-hybridized carbons (Fsp3) is 0.923. The van der Waals surface area contributed by atoms with Gasteiger partial charge in [0.2, 0.25) is 0 Å². The molecule has 2 atom stereocenters. The SMILES string of the molecule is COC(=O)C(C)(N)CC(C)N(C)CC(C)(C)C. The molecule has 0 aliphatic rings. The van der Waals surface area contributed by atoms with Crippen LogP contribution in [0, 0.1) is 5.41 Å². The van der Waals surface area contributed by atoms with Gasteiger partial charge in [0.25, 0.3) is 0 Å². The maximum Gasteiger partial charge on any atom is 0.325 e. The summed E-state index contributed by atoms with van der Waals surface area (Å²) in [4.78, 5) is 13.7. The van der Waals surface area contributed by atoms with Crippen LogP contribution >= 0.6 is 0 Å². The summed E-state index contributed by atoms with van der Waals surface area (Å²) in [5, 5.41) is 0. The molecule has 0 aromatic rings. The number of hydrogen-bond donors (Lipinski definition) is 1. The minimum absolute atomic E-state index is 0.235. The van der Waals surface area contributed by atoms with Crippen LogP contribution in [-0.2, 0) is 9.53 Å². The number of ether oxygens (including phenoxy) is 1. The van der Waals surface area contributed by atoms with Crippen LogP contribution in [0.1, 0.15) is 41.0 Å². The van der Waals surface area contributed by atoms with Gasteiger partial charge in [-0.2, -0.15) is 0 Å². The van der Waals surface area contributed by atoms with Crippen molar-refractivity contribution in [1.82, 2.24) is 4.90 Å². The minimum atomic E-state index is -0.916. The smallest absolute Gasteiger partial charge is 0.325 e. The summed E-state index contributed by atoms with van der Waals surface area (Å²) >= 11 is 0. The lowest BCUT2D eigenvalue weighted by atomic mass is 9.91. The van der Waals surface area contributed by atoms with Gasteiger partial charge >= 0.3 is 5.97 Å². The van der Waals surface area contributed by atoms with Crippen molar-refractivity contribution in [3.05, 3.63) is 0 Å². The van der Waals surface area contributed by atoms with E-state index in [1.54, 1.807) is 6.92 Å². The third-order valence-electron chi connectivity index (χ3n) is 2.85. The summed E-state index contributed by atoms with van der Waals surface area (Å²) in [5.41, 5.74) is 5.29. The highest BCUT2D eigenvalue weighted by Gasteiger charge is 2.33. The number of nitrogens with zero attached hydrogens (tertiary/aromatic N) is 1. The Labute approximate surface area is 105 Å². The van der Waals surface area contributed by atoms with Crippen molar-refractivity contribution in [2.24, 2.45) is 11.1 Å². The molecule has 0 aromatic heterocycles. The molecule has 0 aromatic carbocycles. The van der Waals surface area contributed by atoms with E-state index in [-0.39, 0.29) is 17.4 Å². The largest absolute Gasteiger partial charge is 0.468 e. The second-order valence-corrected chi connectivity index (χ2v) is 6.44. The Morgan fingerprint density at radius 2 is 1.82 bits per heavy atom. The molecule has 2 unspecified atom stereocenters. The molecule has 0 saturated carbocycles. The van der Waals surface area contributed by atoms with E-state index in [2.05, 4.69) is 39.6 Å². The first-order valence-corrected chi connectivity index (χ1v) is 6.07. The van der Waals surface area contributed by atoms with Gasteiger partial charge in [-0.15, -0.1) is 0 Å². The van der Waals surface area contributed by atoms with Gasteiger partial charge in [0.15, 0.2) is 0 Å². The molecule has 2 N–H and O–H groups in total. The molecule has 0 radical (unpaired) electrons. The molecular weight excluding hydrogens is 216 g/mol. The Balaban J connectivity index is 4.43. The molecule has 0 heterocycles. The first-order chi connectivity index (χ1) is 7.49. The second kappa shape index (κ2) is 5.83.